The van der Waals surface area contributed by atoms with Crippen LogP contribution in [0.15, 0.2) is 53.1 Å². The van der Waals surface area contributed by atoms with Crippen LogP contribution < -0.4 is 15.2 Å². The number of rotatable bonds is 6. The SMILES string of the molecule is CCCOc1ccc(Oc2cc(N)n3nc(-c4ccco4)nc3n2)cc1. The average Bonchev–Trinajstić information content (AvgIpc) is 3.30. The lowest BCUT2D eigenvalue weighted by molar-refractivity contribution is 0.317. The molecule has 8 nitrogen and oxygen atoms in total. The van der Waals surface area contributed by atoms with Crippen molar-refractivity contribution < 1.29 is 13.9 Å². The quantitative estimate of drug-likeness (QED) is 0.567. The Kier molecular flexibility index (Phi) is 4.14. The number of aromatic nitrogens is 4. The number of nitrogens with zero attached hydrogens (tertiary/aromatic N) is 4. The molecule has 0 bridgehead atoms. The molecule has 4 rings (SSSR count). The molecule has 4 aromatic rings. The van der Waals surface area contributed by atoms with E-state index in [9.17, 15) is 0 Å². The summed E-state index contributed by atoms with van der Waals surface area (Å²) in [6.45, 7) is 2.74. The van der Waals surface area contributed by atoms with Gasteiger partial charge in [-0.05, 0) is 42.8 Å². The fraction of sp³-hybridized carbons (Fsp3) is 0.167. The molecular formula is C18H17N5O3. The Morgan fingerprint density at radius 2 is 1.92 bits per heavy atom. The first-order valence-electron chi connectivity index (χ1n) is 8.21. The van der Waals surface area contributed by atoms with Gasteiger partial charge >= 0.3 is 0 Å². The number of fused-ring (bicyclic) bond motifs is 1. The molecule has 1 aromatic carbocycles. The number of anilines is 1. The van der Waals surface area contributed by atoms with E-state index >= 15 is 0 Å². The number of hydrogen-bond acceptors (Lipinski definition) is 7. The second-order valence-electron chi connectivity index (χ2n) is 5.57. The van der Waals surface area contributed by atoms with Crippen LogP contribution in [0.5, 0.6) is 17.4 Å². The van der Waals surface area contributed by atoms with Crippen molar-refractivity contribution in [2.45, 2.75) is 13.3 Å². The molecule has 2 N–H and O–H groups in total. The van der Waals surface area contributed by atoms with E-state index in [4.69, 9.17) is 19.6 Å². The topological polar surface area (TPSA) is 101 Å². The second-order valence-corrected chi connectivity index (χ2v) is 5.57. The fourth-order valence-corrected chi connectivity index (χ4v) is 2.37. The van der Waals surface area contributed by atoms with Gasteiger partial charge in [-0.1, -0.05) is 6.92 Å². The van der Waals surface area contributed by atoms with Gasteiger partial charge in [-0.15, -0.1) is 5.10 Å². The number of ether oxygens (including phenoxy) is 2. The van der Waals surface area contributed by atoms with Gasteiger partial charge in [-0.25, -0.2) is 0 Å². The summed E-state index contributed by atoms with van der Waals surface area (Å²) < 4.78 is 18.1. The van der Waals surface area contributed by atoms with Gasteiger partial charge in [0.05, 0.1) is 12.9 Å². The molecule has 0 saturated heterocycles. The van der Waals surface area contributed by atoms with Gasteiger partial charge in [-0.2, -0.15) is 14.5 Å². The van der Waals surface area contributed by atoms with Gasteiger partial charge in [0.25, 0.3) is 5.78 Å². The predicted molar refractivity (Wildman–Crippen MR) is 95.2 cm³/mol. The van der Waals surface area contributed by atoms with Crippen molar-refractivity contribution in [3.8, 4) is 29.0 Å². The van der Waals surface area contributed by atoms with E-state index in [0.29, 0.717) is 41.4 Å². The van der Waals surface area contributed by atoms with Crippen molar-refractivity contribution >= 4 is 11.6 Å². The average molecular weight is 351 g/mol. The van der Waals surface area contributed by atoms with Crippen LogP contribution in [0.2, 0.25) is 0 Å². The third kappa shape index (κ3) is 3.16. The molecule has 0 aliphatic heterocycles. The van der Waals surface area contributed by atoms with Gasteiger partial charge in [0.1, 0.15) is 17.3 Å². The minimum absolute atomic E-state index is 0.328. The summed E-state index contributed by atoms with van der Waals surface area (Å²) in [4.78, 5) is 8.68. The smallest absolute Gasteiger partial charge is 0.258 e. The zero-order valence-corrected chi connectivity index (χ0v) is 14.1. The summed E-state index contributed by atoms with van der Waals surface area (Å²) in [5, 5.41) is 4.30. The molecule has 0 spiro atoms. The van der Waals surface area contributed by atoms with Crippen molar-refractivity contribution in [3.63, 3.8) is 0 Å². The number of benzene rings is 1. The molecule has 0 radical (unpaired) electrons. The van der Waals surface area contributed by atoms with Gasteiger partial charge in [-0.3, -0.25) is 0 Å². The molecule has 0 amide bonds. The van der Waals surface area contributed by atoms with Crippen molar-refractivity contribution in [2.24, 2.45) is 0 Å². The standard InChI is InChI=1S/C18H17N5O3/c1-2-9-24-12-5-7-13(8-6-12)26-16-11-15(19)23-18(20-16)21-17(22-23)14-4-3-10-25-14/h3-8,10-11H,2,9,19H2,1H3. The minimum Gasteiger partial charge on any atom is -0.494 e. The van der Waals surface area contributed by atoms with Crippen LogP contribution in [0.25, 0.3) is 17.4 Å². The van der Waals surface area contributed by atoms with E-state index in [1.807, 2.05) is 24.3 Å². The Hall–Kier alpha value is -3.55. The largest absolute Gasteiger partial charge is 0.494 e. The van der Waals surface area contributed by atoms with Gasteiger partial charge in [0.15, 0.2) is 5.76 Å². The minimum atomic E-state index is 0.328. The Balaban J connectivity index is 1.58. The van der Waals surface area contributed by atoms with Crippen LogP contribution in [0.3, 0.4) is 0 Å². The maximum absolute atomic E-state index is 6.05. The molecule has 8 heteroatoms. The van der Waals surface area contributed by atoms with E-state index in [1.54, 1.807) is 24.5 Å². The molecule has 3 heterocycles. The number of nitrogen functional groups attached to an aromatic ring is 1. The highest BCUT2D eigenvalue weighted by molar-refractivity contribution is 5.53. The van der Waals surface area contributed by atoms with Crippen molar-refractivity contribution in [1.29, 1.82) is 0 Å². The molecule has 26 heavy (non-hydrogen) atoms. The lowest BCUT2D eigenvalue weighted by Gasteiger charge is -2.08. The highest BCUT2D eigenvalue weighted by atomic mass is 16.5. The summed E-state index contributed by atoms with van der Waals surface area (Å²) in [7, 11) is 0. The van der Waals surface area contributed by atoms with Crippen LogP contribution in [0, 0.1) is 0 Å². The molecule has 3 aromatic heterocycles. The first-order valence-corrected chi connectivity index (χ1v) is 8.21. The van der Waals surface area contributed by atoms with Crippen molar-refractivity contribution in [1.82, 2.24) is 19.6 Å². The summed E-state index contributed by atoms with van der Waals surface area (Å²) in [6.07, 6.45) is 2.51. The first kappa shape index (κ1) is 15.9. The lowest BCUT2D eigenvalue weighted by Crippen LogP contribution is -2.01. The first-order chi connectivity index (χ1) is 12.7. The molecule has 132 valence electrons. The van der Waals surface area contributed by atoms with E-state index in [0.717, 1.165) is 12.2 Å². The Labute approximate surface area is 149 Å². The van der Waals surface area contributed by atoms with Crippen LogP contribution in [-0.4, -0.2) is 26.2 Å². The van der Waals surface area contributed by atoms with E-state index in [2.05, 4.69) is 22.0 Å². The molecule has 0 unspecified atom stereocenters. The van der Waals surface area contributed by atoms with Crippen LogP contribution >= 0.6 is 0 Å². The van der Waals surface area contributed by atoms with Gasteiger partial charge < -0.3 is 19.6 Å². The van der Waals surface area contributed by atoms with Crippen molar-refractivity contribution in [3.05, 3.63) is 48.7 Å². The third-order valence-electron chi connectivity index (χ3n) is 3.58. The Morgan fingerprint density at radius 3 is 2.65 bits per heavy atom. The maximum atomic E-state index is 6.05. The van der Waals surface area contributed by atoms with E-state index < -0.39 is 0 Å². The normalized spacial score (nSPS) is 11.0. The molecule has 0 fully saturated rings. The predicted octanol–water partition coefficient (Wildman–Crippen LogP) is 3.55. The summed E-state index contributed by atoms with van der Waals surface area (Å²) in [6, 6.07) is 12.4. The zero-order valence-electron chi connectivity index (χ0n) is 14.1. The number of nitrogens with two attached hydrogens (primary N) is 1. The fourth-order valence-electron chi connectivity index (χ4n) is 2.37. The molecule has 0 saturated carbocycles. The van der Waals surface area contributed by atoms with Crippen LogP contribution in [-0.2, 0) is 0 Å². The van der Waals surface area contributed by atoms with Gasteiger partial charge in [0, 0.05) is 6.07 Å². The lowest BCUT2D eigenvalue weighted by atomic mass is 10.3. The highest BCUT2D eigenvalue weighted by Gasteiger charge is 2.13. The zero-order chi connectivity index (χ0) is 17.9. The van der Waals surface area contributed by atoms with Crippen LogP contribution in [0.1, 0.15) is 13.3 Å². The third-order valence-corrected chi connectivity index (χ3v) is 3.58. The van der Waals surface area contributed by atoms with E-state index in [1.165, 1.54) is 4.52 Å². The molecular weight excluding hydrogens is 334 g/mol. The summed E-state index contributed by atoms with van der Waals surface area (Å²) in [5.74, 6) is 3.38. The Morgan fingerprint density at radius 1 is 1.12 bits per heavy atom. The maximum Gasteiger partial charge on any atom is 0.258 e. The number of hydrogen-bond donors (Lipinski definition) is 1. The van der Waals surface area contributed by atoms with Gasteiger partial charge in [0.2, 0.25) is 11.7 Å². The molecule has 0 aliphatic rings. The monoisotopic (exact) mass is 351 g/mol. The molecule has 0 atom stereocenters. The summed E-state index contributed by atoms with van der Waals surface area (Å²) >= 11 is 0. The summed E-state index contributed by atoms with van der Waals surface area (Å²) in [5.41, 5.74) is 6.05. The van der Waals surface area contributed by atoms with E-state index in [-0.39, 0.29) is 0 Å². The van der Waals surface area contributed by atoms with Crippen LogP contribution in [0.4, 0.5) is 5.82 Å². The Bertz CT molecular complexity index is 1010. The number of furan rings is 1. The molecule has 0 aliphatic carbocycles. The second kappa shape index (κ2) is 6.75. The highest BCUT2D eigenvalue weighted by Crippen LogP contribution is 2.25. The van der Waals surface area contributed by atoms with Crippen molar-refractivity contribution in [2.75, 3.05) is 12.3 Å².